The molecule has 1 aliphatic carbocycles. The van der Waals surface area contributed by atoms with Gasteiger partial charge in [-0.3, -0.25) is 4.79 Å². The smallest absolute Gasteiger partial charge is 0.329 e. The Morgan fingerprint density at radius 1 is 1.41 bits per heavy atom. The van der Waals surface area contributed by atoms with Gasteiger partial charge in [-0.15, -0.1) is 0 Å². The molecule has 0 aromatic heterocycles. The minimum Gasteiger partial charge on any atom is -0.480 e. The summed E-state index contributed by atoms with van der Waals surface area (Å²) in [4.78, 5) is 22.8. The van der Waals surface area contributed by atoms with E-state index in [1.807, 2.05) is 0 Å². The number of hydrogen-bond donors (Lipinski definition) is 2. The highest BCUT2D eigenvalue weighted by Gasteiger charge is 2.51. The van der Waals surface area contributed by atoms with Crippen molar-refractivity contribution < 1.29 is 19.1 Å². The molecular formula is C12H12FNO3. The third kappa shape index (κ3) is 2.13. The van der Waals surface area contributed by atoms with Gasteiger partial charge in [0.05, 0.1) is 0 Å². The first-order valence-electron chi connectivity index (χ1n) is 5.27. The van der Waals surface area contributed by atoms with Gasteiger partial charge in [0, 0.05) is 5.56 Å². The average Bonchev–Trinajstić information content (AvgIpc) is 2.98. The first kappa shape index (κ1) is 11.6. The molecule has 0 atom stereocenters. The molecule has 0 aliphatic heterocycles. The zero-order valence-electron chi connectivity index (χ0n) is 9.29. The fourth-order valence-electron chi connectivity index (χ4n) is 1.68. The summed E-state index contributed by atoms with van der Waals surface area (Å²) in [7, 11) is 0. The van der Waals surface area contributed by atoms with Crippen molar-refractivity contribution in [2.75, 3.05) is 0 Å². The van der Waals surface area contributed by atoms with Crippen LogP contribution in [-0.4, -0.2) is 22.5 Å². The van der Waals surface area contributed by atoms with Gasteiger partial charge in [0.1, 0.15) is 11.4 Å². The number of halogens is 1. The van der Waals surface area contributed by atoms with E-state index in [1.165, 1.54) is 18.2 Å². The van der Waals surface area contributed by atoms with E-state index in [9.17, 15) is 14.0 Å². The maximum absolute atomic E-state index is 12.9. The Hall–Kier alpha value is -1.91. The molecule has 2 N–H and O–H groups in total. The van der Waals surface area contributed by atoms with Crippen LogP contribution in [0.4, 0.5) is 4.39 Å². The SMILES string of the molecule is Cc1cc(F)ccc1C(=O)NC1(C(=O)O)CC1. The van der Waals surface area contributed by atoms with Gasteiger partial charge >= 0.3 is 5.97 Å². The number of aryl methyl sites for hydroxylation is 1. The number of carbonyl (C=O) groups is 2. The van der Waals surface area contributed by atoms with Crippen molar-refractivity contribution in [3.05, 3.63) is 35.1 Å². The van der Waals surface area contributed by atoms with Crippen LogP contribution in [0.15, 0.2) is 18.2 Å². The molecule has 17 heavy (non-hydrogen) atoms. The Balaban J connectivity index is 2.18. The van der Waals surface area contributed by atoms with Crippen LogP contribution in [0.25, 0.3) is 0 Å². The summed E-state index contributed by atoms with van der Waals surface area (Å²) >= 11 is 0. The van der Waals surface area contributed by atoms with Crippen LogP contribution in [0.3, 0.4) is 0 Å². The molecule has 1 aliphatic rings. The Morgan fingerprint density at radius 2 is 2.06 bits per heavy atom. The molecule has 90 valence electrons. The van der Waals surface area contributed by atoms with Crippen molar-refractivity contribution >= 4 is 11.9 Å². The first-order valence-corrected chi connectivity index (χ1v) is 5.27. The number of amides is 1. The fourth-order valence-corrected chi connectivity index (χ4v) is 1.68. The van der Waals surface area contributed by atoms with Gasteiger partial charge in [-0.1, -0.05) is 0 Å². The number of carbonyl (C=O) groups excluding carboxylic acids is 1. The maximum Gasteiger partial charge on any atom is 0.329 e. The molecule has 1 aromatic carbocycles. The molecule has 0 spiro atoms. The van der Waals surface area contributed by atoms with E-state index in [-0.39, 0.29) is 0 Å². The number of nitrogens with one attached hydrogen (secondary N) is 1. The van der Waals surface area contributed by atoms with Crippen LogP contribution < -0.4 is 5.32 Å². The number of carboxylic acid groups (broad SMARTS) is 1. The third-order valence-corrected chi connectivity index (χ3v) is 2.95. The standard InChI is InChI=1S/C12H12FNO3/c1-7-6-8(13)2-3-9(7)10(15)14-12(4-5-12)11(16)17/h2-3,6H,4-5H2,1H3,(H,14,15)(H,16,17). The molecule has 1 aromatic rings. The Kier molecular flexibility index (Phi) is 2.61. The predicted molar refractivity (Wildman–Crippen MR) is 58.2 cm³/mol. The second-order valence-corrected chi connectivity index (χ2v) is 4.30. The summed E-state index contributed by atoms with van der Waals surface area (Å²) in [6, 6.07) is 3.79. The van der Waals surface area contributed by atoms with Crippen LogP contribution in [0.5, 0.6) is 0 Å². The largest absolute Gasteiger partial charge is 0.480 e. The van der Waals surface area contributed by atoms with Crippen LogP contribution in [0.1, 0.15) is 28.8 Å². The quantitative estimate of drug-likeness (QED) is 0.836. The van der Waals surface area contributed by atoms with Crippen LogP contribution in [0.2, 0.25) is 0 Å². The van der Waals surface area contributed by atoms with E-state index in [4.69, 9.17) is 5.11 Å². The van der Waals surface area contributed by atoms with Crippen molar-refractivity contribution in [3.63, 3.8) is 0 Å². The van der Waals surface area contributed by atoms with Crippen LogP contribution in [0, 0.1) is 12.7 Å². The fraction of sp³-hybridized carbons (Fsp3) is 0.333. The van der Waals surface area contributed by atoms with E-state index in [0.717, 1.165) is 0 Å². The van der Waals surface area contributed by atoms with Crippen LogP contribution in [-0.2, 0) is 4.79 Å². The predicted octanol–water partition coefficient (Wildman–Crippen LogP) is 1.48. The molecule has 4 nitrogen and oxygen atoms in total. The summed E-state index contributed by atoms with van der Waals surface area (Å²) in [6.45, 7) is 1.61. The number of rotatable bonds is 3. The highest BCUT2D eigenvalue weighted by Crippen LogP contribution is 2.35. The number of carboxylic acids is 1. The Morgan fingerprint density at radius 3 is 2.53 bits per heavy atom. The molecule has 1 fully saturated rings. The molecule has 1 saturated carbocycles. The van der Waals surface area contributed by atoms with Gasteiger partial charge in [0.25, 0.3) is 5.91 Å². The summed E-state index contributed by atoms with van der Waals surface area (Å²) in [5.41, 5.74) is -0.319. The van der Waals surface area contributed by atoms with Crippen molar-refractivity contribution in [2.45, 2.75) is 25.3 Å². The monoisotopic (exact) mass is 237 g/mol. The first-order chi connectivity index (χ1) is 7.94. The normalized spacial score (nSPS) is 16.4. The lowest BCUT2D eigenvalue weighted by molar-refractivity contribution is -0.140. The second kappa shape index (κ2) is 3.84. The molecule has 5 heteroatoms. The zero-order valence-corrected chi connectivity index (χ0v) is 9.29. The number of benzene rings is 1. The minimum atomic E-state index is -1.11. The van der Waals surface area contributed by atoms with E-state index in [2.05, 4.69) is 5.32 Å². The molecular weight excluding hydrogens is 225 g/mol. The van der Waals surface area contributed by atoms with Crippen molar-refractivity contribution in [3.8, 4) is 0 Å². The summed E-state index contributed by atoms with van der Waals surface area (Å²) < 4.78 is 12.9. The van der Waals surface area contributed by atoms with E-state index in [0.29, 0.717) is 24.0 Å². The maximum atomic E-state index is 12.9. The van der Waals surface area contributed by atoms with E-state index in [1.54, 1.807) is 6.92 Å². The summed E-state index contributed by atoms with van der Waals surface area (Å²) in [5.74, 6) is -1.91. The van der Waals surface area contributed by atoms with Gasteiger partial charge in [-0.05, 0) is 43.5 Å². The average molecular weight is 237 g/mol. The van der Waals surface area contributed by atoms with Gasteiger partial charge in [-0.2, -0.15) is 0 Å². The topological polar surface area (TPSA) is 66.4 Å². The number of aliphatic carboxylic acids is 1. The lowest BCUT2D eigenvalue weighted by Gasteiger charge is -2.13. The lowest BCUT2D eigenvalue weighted by atomic mass is 10.1. The Bertz CT molecular complexity index is 495. The second-order valence-electron chi connectivity index (χ2n) is 4.30. The van der Waals surface area contributed by atoms with Gasteiger partial charge in [0.2, 0.25) is 0 Å². The highest BCUT2D eigenvalue weighted by atomic mass is 19.1. The van der Waals surface area contributed by atoms with Crippen molar-refractivity contribution in [1.29, 1.82) is 0 Å². The van der Waals surface area contributed by atoms with Crippen molar-refractivity contribution in [1.82, 2.24) is 5.32 Å². The van der Waals surface area contributed by atoms with Crippen molar-refractivity contribution in [2.24, 2.45) is 0 Å². The highest BCUT2D eigenvalue weighted by molar-refractivity contribution is 5.99. The molecule has 1 amide bonds. The van der Waals surface area contributed by atoms with E-state index >= 15 is 0 Å². The lowest BCUT2D eigenvalue weighted by Crippen LogP contribution is -2.43. The molecule has 0 unspecified atom stereocenters. The molecule has 0 radical (unpaired) electrons. The summed E-state index contributed by atoms with van der Waals surface area (Å²) in [6.07, 6.45) is 0.878. The van der Waals surface area contributed by atoms with E-state index < -0.39 is 23.2 Å². The minimum absolute atomic E-state index is 0.305. The number of hydrogen-bond acceptors (Lipinski definition) is 2. The van der Waals surface area contributed by atoms with Gasteiger partial charge in [-0.25, -0.2) is 9.18 Å². The van der Waals surface area contributed by atoms with Gasteiger partial charge in [0.15, 0.2) is 0 Å². The van der Waals surface area contributed by atoms with Crippen LogP contribution >= 0.6 is 0 Å². The molecule has 0 bridgehead atoms. The summed E-state index contributed by atoms with van der Waals surface area (Å²) in [5, 5.41) is 11.4. The Labute approximate surface area is 97.4 Å². The third-order valence-electron chi connectivity index (χ3n) is 2.95. The molecule has 0 saturated heterocycles. The molecule has 0 heterocycles. The molecule has 2 rings (SSSR count). The van der Waals surface area contributed by atoms with Gasteiger partial charge < -0.3 is 10.4 Å². The zero-order chi connectivity index (χ0) is 12.6.